The average Bonchev–Trinajstić information content (AvgIpc) is 3.10. The SMILES string of the molecule is CC(Sc1nnnn1-c1ccc(O)cc1)C(=O)Nc1ccccc1C(C)C. The Bertz CT molecular complexity index is 924. The van der Waals surface area contributed by atoms with Crippen molar-refractivity contribution in [1.82, 2.24) is 20.2 Å². The van der Waals surface area contributed by atoms with Crippen molar-refractivity contribution in [3.8, 4) is 11.4 Å². The third kappa shape index (κ3) is 4.46. The first-order chi connectivity index (χ1) is 13.0. The Morgan fingerprint density at radius 1 is 1.11 bits per heavy atom. The van der Waals surface area contributed by atoms with Crippen molar-refractivity contribution in [2.75, 3.05) is 5.32 Å². The normalized spacial score (nSPS) is 12.1. The summed E-state index contributed by atoms with van der Waals surface area (Å²) in [5.74, 6) is 0.359. The van der Waals surface area contributed by atoms with E-state index in [-0.39, 0.29) is 11.7 Å². The van der Waals surface area contributed by atoms with Gasteiger partial charge in [0.2, 0.25) is 11.1 Å². The Labute approximate surface area is 161 Å². The minimum Gasteiger partial charge on any atom is -0.508 e. The topological polar surface area (TPSA) is 92.9 Å². The number of aromatic nitrogens is 4. The van der Waals surface area contributed by atoms with Crippen molar-refractivity contribution >= 4 is 23.4 Å². The Balaban J connectivity index is 1.73. The highest BCUT2D eigenvalue weighted by Gasteiger charge is 2.20. The first-order valence-corrected chi connectivity index (χ1v) is 9.48. The predicted molar refractivity (Wildman–Crippen MR) is 105 cm³/mol. The fourth-order valence-corrected chi connectivity index (χ4v) is 3.38. The van der Waals surface area contributed by atoms with Crippen LogP contribution in [0.25, 0.3) is 5.69 Å². The Morgan fingerprint density at radius 2 is 1.81 bits per heavy atom. The van der Waals surface area contributed by atoms with Crippen LogP contribution in [-0.4, -0.2) is 36.5 Å². The minimum absolute atomic E-state index is 0.117. The van der Waals surface area contributed by atoms with Crippen LogP contribution < -0.4 is 5.32 Å². The molecule has 8 heteroatoms. The number of nitrogens with zero attached hydrogens (tertiary/aromatic N) is 4. The van der Waals surface area contributed by atoms with E-state index in [0.717, 1.165) is 11.3 Å². The van der Waals surface area contributed by atoms with Gasteiger partial charge in [0.1, 0.15) is 5.75 Å². The highest BCUT2D eigenvalue weighted by atomic mass is 32.2. The standard InChI is InChI=1S/C19H21N5O2S/c1-12(2)16-6-4-5-7-17(16)20-18(26)13(3)27-19-21-22-23-24(19)14-8-10-15(25)11-9-14/h4-13,25H,1-3H3,(H,20,26). The maximum atomic E-state index is 12.7. The van der Waals surface area contributed by atoms with Crippen LogP contribution in [0.3, 0.4) is 0 Å². The number of amides is 1. The lowest BCUT2D eigenvalue weighted by Crippen LogP contribution is -2.23. The number of aromatic hydroxyl groups is 1. The Morgan fingerprint density at radius 3 is 2.52 bits per heavy atom. The van der Waals surface area contributed by atoms with Crippen LogP contribution in [-0.2, 0) is 4.79 Å². The molecule has 27 heavy (non-hydrogen) atoms. The number of carbonyl (C=O) groups excluding carboxylic acids is 1. The summed E-state index contributed by atoms with van der Waals surface area (Å²) in [6, 6.07) is 14.3. The third-order valence-corrected chi connectivity index (χ3v) is 5.06. The number of benzene rings is 2. The second-order valence-corrected chi connectivity index (χ2v) is 7.69. The van der Waals surface area contributed by atoms with E-state index in [0.29, 0.717) is 16.8 Å². The first-order valence-electron chi connectivity index (χ1n) is 8.60. The first kappa shape index (κ1) is 18.9. The molecule has 140 valence electrons. The van der Waals surface area contributed by atoms with Crippen molar-refractivity contribution in [3.05, 3.63) is 54.1 Å². The van der Waals surface area contributed by atoms with Crippen LogP contribution in [0.4, 0.5) is 5.69 Å². The second-order valence-electron chi connectivity index (χ2n) is 6.38. The second kappa shape index (κ2) is 8.22. The minimum atomic E-state index is -0.396. The molecular formula is C19H21N5O2S. The van der Waals surface area contributed by atoms with Crippen LogP contribution in [0.1, 0.15) is 32.3 Å². The van der Waals surface area contributed by atoms with E-state index in [2.05, 4.69) is 34.7 Å². The fourth-order valence-electron chi connectivity index (χ4n) is 2.57. The van der Waals surface area contributed by atoms with Gasteiger partial charge in [-0.15, -0.1) is 5.10 Å². The van der Waals surface area contributed by atoms with Crippen LogP contribution in [0.15, 0.2) is 53.7 Å². The molecular weight excluding hydrogens is 362 g/mol. The Hall–Kier alpha value is -2.87. The summed E-state index contributed by atoms with van der Waals surface area (Å²) in [5.41, 5.74) is 2.62. The van der Waals surface area contributed by atoms with E-state index in [1.165, 1.54) is 16.4 Å². The number of rotatable bonds is 6. The zero-order chi connectivity index (χ0) is 19.4. The van der Waals surface area contributed by atoms with Gasteiger partial charge in [-0.3, -0.25) is 4.79 Å². The van der Waals surface area contributed by atoms with Gasteiger partial charge >= 0.3 is 0 Å². The summed E-state index contributed by atoms with van der Waals surface area (Å²) in [6.45, 7) is 6.00. The molecule has 0 radical (unpaired) electrons. The predicted octanol–water partition coefficient (Wildman–Crippen LogP) is 3.61. The largest absolute Gasteiger partial charge is 0.508 e. The van der Waals surface area contributed by atoms with Gasteiger partial charge in [-0.2, -0.15) is 4.68 Å². The number of nitrogens with one attached hydrogen (secondary N) is 1. The number of phenols is 1. The summed E-state index contributed by atoms with van der Waals surface area (Å²) in [5, 5.41) is 24.2. The molecule has 0 aliphatic carbocycles. The summed E-state index contributed by atoms with van der Waals surface area (Å²) >= 11 is 1.27. The quantitative estimate of drug-likeness (QED) is 0.632. The van der Waals surface area contributed by atoms with Crippen molar-refractivity contribution in [2.45, 2.75) is 37.1 Å². The number of tetrazole rings is 1. The van der Waals surface area contributed by atoms with Gasteiger partial charge in [-0.05, 0) is 59.2 Å². The zero-order valence-electron chi connectivity index (χ0n) is 15.3. The van der Waals surface area contributed by atoms with Gasteiger partial charge in [-0.1, -0.05) is 43.8 Å². The van der Waals surface area contributed by atoms with E-state index in [1.807, 2.05) is 31.2 Å². The number of phenolic OH excluding ortho intramolecular Hbond substituents is 1. The van der Waals surface area contributed by atoms with Gasteiger partial charge in [0.05, 0.1) is 10.9 Å². The maximum absolute atomic E-state index is 12.7. The smallest absolute Gasteiger partial charge is 0.237 e. The van der Waals surface area contributed by atoms with Crippen LogP contribution in [0, 0.1) is 0 Å². The van der Waals surface area contributed by atoms with Gasteiger partial charge < -0.3 is 10.4 Å². The van der Waals surface area contributed by atoms with Crippen molar-refractivity contribution < 1.29 is 9.90 Å². The summed E-state index contributed by atoms with van der Waals surface area (Å²) < 4.78 is 1.54. The molecule has 1 heterocycles. The maximum Gasteiger partial charge on any atom is 0.237 e. The summed E-state index contributed by atoms with van der Waals surface area (Å²) in [7, 11) is 0. The summed E-state index contributed by atoms with van der Waals surface area (Å²) in [6.07, 6.45) is 0. The average molecular weight is 383 g/mol. The molecule has 1 atom stereocenters. The zero-order valence-corrected chi connectivity index (χ0v) is 16.1. The molecule has 0 spiro atoms. The third-order valence-electron chi connectivity index (χ3n) is 4.03. The Kier molecular flexibility index (Phi) is 5.75. The van der Waals surface area contributed by atoms with Crippen molar-refractivity contribution in [2.24, 2.45) is 0 Å². The molecule has 0 bridgehead atoms. The molecule has 1 unspecified atom stereocenters. The van der Waals surface area contributed by atoms with E-state index < -0.39 is 5.25 Å². The summed E-state index contributed by atoms with van der Waals surface area (Å²) in [4.78, 5) is 12.7. The number of anilines is 1. The molecule has 0 saturated heterocycles. The molecule has 2 aromatic carbocycles. The van der Waals surface area contributed by atoms with Crippen molar-refractivity contribution in [3.63, 3.8) is 0 Å². The molecule has 1 amide bonds. The van der Waals surface area contributed by atoms with E-state index in [9.17, 15) is 9.90 Å². The molecule has 3 aromatic rings. The lowest BCUT2D eigenvalue weighted by molar-refractivity contribution is -0.115. The highest BCUT2D eigenvalue weighted by molar-refractivity contribution is 8.00. The van der Waals surface area contributed by atoms with Crippen LogP contribution in [0.5, 0.6) is 5.75 Å². The van der Waals surface area contributed by atoms with Gasteiger partial charge in [0.15, 0.2) is 0 Å². The van der Waals surface area contributed by atoms with Crippen LogP contribution >= 0.6 is 11.8 Å². The van der Waals surface area contributed by atoms with Gasteiger partial charge in [0.25, 0.3) is 0 Å². The molecule has 1 aromatic heterocycles. The number of hydrogen-bond acceptors (Lipinski definition) is 6. The molecule has 3 rings (SSSR count). The fraction of sp³-hybridized carbons (Fsp3) is 0.263. The molecule has 0 aliphatic rings. The monoisotopic (exact) mass is 383 g/mol. The van der Waals surface area contributed by atoms with Gasteiger partial charge in [-0.25, -0.2) is 0 Å². The van der Waals surface area contributed by atoms with E-state index >= 15 is 0 Å². The highest BCUT2D eigenvalue weighted by Crippen LogP contribution is 2.27. The molecule has 0 aliphatic heterocycles. The van der Waals surface area contributed by atoms with Crippen molar-refractivity contribution in [1.29, 1.82) is 0 Å². The lowest BCUT2D eigenvalue weighted by Gasteiger charge is -2.16. The molecule has 0 saturated carbocycles. The van der Waals surface area contributed by atoms with E-state index in [4.69, 9.17) is 0 Å². The number of hydrogen-bond donors (Lipinski definition) is 2. The number of para-hydroxylation sites is 1. The van der Waals surface area contributed by atoms with E-state index in [1.54, 1.807) is 24.3 Å². The number of thioether (sulfide) groups is 1. The van der Waals surface area contributed by atoms with Gasteiger partial charge in [0, 0.05) is 5.69 Å². The van der Waals surface area contributed by atoms with Crippen LogP contribution in [0.2, 0.25) is 0 Å². The lowest BCUT2D eigenvalue weighted by atomic mass is 10.0. The molecule has 7 nitrogen and oxygen atoms in total. The number of carbonyl (C=O) groups is 1. The molecule has 2 N–H and O–H groups in total. The molecule has 0 fully saturated rings.